The topological polar surface area (TPSA) is 20.3 Å². The van der Waals surface area contributed by atoms with Gasteiger partial charge in [-0.25, -0.2) is 0 Å². The number of Topliss-reactive ketones (excluding diaryl/α,β-unsaturated/α-hetero) is 1. The zero-order valence-electron chi connectivity index (χ0n) is 14.1. The zero-order valence-corrected chi connectivity index (χ0v) is 14.1. The van der Waals surface area contributed by atoms with E-state index in [-0.39, 0.29) is 0 Å². The summed E-state index contributed by atoms with van der Waals surface area (Å²) in [5.74, 6) is 2.32. The van der Waals surface area contributed by atoms with Crippen molar-refractivity contribution in [2.45, 2.75) is 72.8 Å². The Bertz CT molecular complexity index is 344. The summed E-state index contributed by atoms with van der Waals surface area (Å²) in [5, 5.41) is 0. The van der Waals surface area contributed by atoms with Gasteiger partial charge in [0, 0.05) is 31.5 Å². The highest BCUT2D eigenvalue weighted by molar-refractivity contribution is 5.82. The largest absolute Gasteiger partial charge is 0.300 e. The summed E-state index contributed by atoms with van der Waals surface area (Å²) in [5.41, 5.74) is 0.347. The number of carbonyl (C=O) groups is 1. The first kappa shape index (κ1) is 16.0. The van der Waals surface area contributed by atoms with E-state index >= 15 is 0 Å². The molecule has 4 unspecified atom stereocenters. The first-order valence-electron chi connectivity index (χ1n) is 8.54. The molecule has 2 aliphatic rings. The summed E-state index contributed by atoms with van der Waals surface area (Å²) < 4.78 is 0. The van der Waals surface area contributed by atoms with Crippen LogP contribution in [0.4, 0.5) is 0 Å². The molecular weight excluding hydrogens is 246 g/mol. The van der Waals surface area contributed by atoms with E-state index in [1.807, 2.05) is 0 Å². The molecule has 0 aromatic rings. The lowest BCUT2D eigenvalue weighted by Crippen LogP contribution is -2.46. The monoisotopic (exact) mass is 279 g/mol. The maximum absolute atomic E-state index is 12.3. The van der Waals surface area contributed by atoms with Gasteiger partial charge in [-0.2, -0.15) is 0 Å². The Labute approximate surface area is 125 Å². The highest BCUT2D eigenvalue weighted by Crippen LogP contribution is 2.39. The van der Waals surface area contributed by atoms with Crippen molar-refractivity contribution in [1.29, 1.82) is 0 Å². The number of hydrogen-bond donors (Lipinski definition) is 0. The summed E-state index contributed by atoms with van der Waals surface area (Å²) in [6.07, 6.45) is 5.67. The van der Waals surface area contributed by atoms with Crippen LogP contribution in [-0.2, 0) is 4.79 Å². The maximum Gasteiger partial charge on any atom is 0.137 e. The number of ketones is 1. The molecule has 0 radical (unpaired) electrons. The van der Waals surface area contributed by atoms with Crippen LogP contribution in [0.15, 0.2) is 0 Å². The minimum Gasteiger partial charge on any atom is -0.300 e. The molecule has 20 heavy (non-hydrogen) atoms. The first-order valence-corrected chi connectivity index (χ1v) is 8.54. The van der Waals surface area contributed by atoms with Crippen LogP contribution in [0, 0.1) is 23.2 Å². The predicted octanol–water partition coefficient (Wildman–Crippen LogP) is 4.14. The van der Waals surface area contributed by atoms with E-state index in [1.165, 1.54) is 19.4 Å². The van der Waals surface area contributed by atoms with Crippen molar-refractivity contribution in [3.05, 3.63) is 0 Å². The molecule has 2 rings (SSSR count). The second kappa shape index (κ2) is 6.17. The summed E-state index contributed by atoms with van der Waals surface area (Å²) in [6.45, 7) is 13.9. The average molecular weight is 279 g/mol. The number of carbonyl (C=O) groups excluding carboxylic acids is 1. The molecule has 1 saturated heterocycles. The molecule has 4 atom stereocenters. The number of nitrogens with zero attached hydrogens (tertiary/aromatic N) is 1. The molecule has 2 heteroatoms. The maximum atomic E-state index is 12.3. The van der Waals surface area contributed by atoms with Gasteiger partial charge in [-0.05, 0) is 49.9 Å². The van der Waals surface area contributed by atoms with Crippen molar-refractivity contribution >= 4 is 5.78 Å². The molecule has 116 valence electrons. The highest BCUT2D eigenvalue weighted by atomic mass is 16.1. The van der Waals surface area contributed by atoms with Gasteiger partial charge in [-0.15, -0.1) is 0 Å². The Morgan fingerprint density at radius 1 is 1.15 bits per heavy atom. The molecule has 1 aliphatic heterocycles. The number of hydrogen-bond acceptors (Lipinski definition) is 2. The van der Waals surface area contributed by atoms with E-state index in [2.05, 4.69) is 39.5 Å². The smallest absolute Gasteiger partial charge is 0.137 e. The first-order chi connectivity index (χ1) is 9.27. The van der Waals surface area contributed by atoms with Gasteiger partial charge in [0.1, 0.15) is 5.78 Å². The van der Waals surface area contributed by atoms with E-state index in [0.29, 0.717) is 29.1 Å². The molecular formula is C18H33NO. The van der Waals surface area contributed by atoms with Crippen molar-refractivity contribution in [2.24, 2.45) is 23.2 Å². The normalized spacial score (nSPS) is 37.1. The third kappa shape index (κ3) is 3.84. The molecule has 1 saturated carbocycles. The second-order valence-corrected chi connectivity index (χ2v) is 8.49. The van der Waals surface area contributed by atoms with Crippen molar-refractivity contribution in [3.63, 3.8) is 0 Å². The van der Waals surface area contributed by atoms with Gasteiger partial charge in [-0.1, -0.05) is 27.7 Å². The molecule has 2 nitrogen and oxygen atoms in total. The molecule has 0 aromatic carbocycles. The summed E-state index contributed by atoms with van der Waals surface area (Å²) in [4.78, 5) is 14.9. The van der Waals surface area contributed by atoms with Crippen LogP contribution in [0.2, 0.25) is 0 Å². The average Bonchev–Trinajstić information content (AvgIpc) is 2.35. The SMILES string of the molecule is CC1CCC(C)N(CC2CC(C(C)(C)C)CCC2=O)C1. The van der Waals surface area contributed by atoms with E-state index in [4.69, 9.17) is 0 Å². The Balaban J connectivity index is 1.97. The molecule has 0 amide bonds. The minimum atomic E-state index is 0.292. The fourth-order valence-electron chi connectivity index (χ4n) is 3.99. The molecule has 0 N–H and O–H groups in total. The molecule has 0 aromatic heterocycles. The standard InChI is InChI=1S/C18H33NO/c1-13-6-7-14(2)19(11-13)12-15-10-16(18(3,4)5)8-9-17(15)20/h13-16H,6-12H2,1-5H3. The third-order valence-corrected chi connectivity index (χ3v) is 5.69. The molecule has 0 spiro atoms. The van der Waals surface area contributed by atoms with Crippen LogP contribution in [0.3, 0.4) is 0 Å². The Morgan fingerprint density at radius 2 is 1.85 bits per heavy atom. The van der Waals surface area contributed by atoms with Crippen LogP contribution in [0.5, 0.6) is 0 Å². The number of likely N-dealkylation sites (tertiary alicyclic amines) is 1. The Hall–Kier alpha value is -0.370. The van der Waals surface area contributed by atoms with Gasteiger partial charge >= 0.3 is 0 Å². The van der Waals surface area contributed by atoms with Crippen molar-refractivity contribution < 1.29 is 4.79 Å². The number of rotatable bonds is 2. The minimum absolute atomic E-state index is 0.292. The number of piperidine rings is 1. The zero-order chi connectivity index (χ0) is 14.9. The van der Waals surface area contributed by atoms with Crippen LogP contribution in [-0.4, -0.2) is 29.8 Å². The Kier molecular flexibility index (Phi) is 4.94. The van der Waals surface area contributed by atoms with E-state index in [9.17, 15) is 4.79 Å². The lowest BCUT2D eigenvalue weighted by molar-refractivity contribution is -0.127. The van der Waals surface area contributed by atoms with Gasteiger partial charge in [0.15, 0.2) is 0 Å². The van der Waals surface area contributed by atoms with E-state index in [1.54, 1.807) is 0 Å². The molecule has 0 bridgehead atoms. The van der Waals surface area contributed by atoms with Crippen molar-refractivity contribution in [1.82, 2.24) is 4.90 Å². The molecule has 1 heterocycles. The van der Waals surface area contributed by atoms with Crippen molar-refractivity contribution in [2.75, 3.05) is 13.1 Å². The summed E-state index contributed by atoms with van der Waals surface area (Å²) in [6, 6.07) is 0.661. The van der Waals surface area contributed by atoms with Gasteiger partial charge in [0.25, 0.3) is 0 Å². The van der Waals surface area contributed by atoms with E-state index < -0.39 is 0 Å². The van der Waals surface area contributed by atoms with Crippen LogP contribution < -0.4 is 0 Å². The van der Waals surface area contributed by atoms with Gasteiger partial charge in [-0.3, -0.25) is 9.69 Å². The van der Waals surface area contributed by atoms with Gasteiger partial charge in [0.2, 0.25) is 0 Å². The lowest BCUT2D eigenvalue weighted by Gasteiger charge is -2.42. The highest BCUT2D eigenvalue weighted by Gasteiger charge is 2.36. The fourth-order valence-corrected chi connectivity index (χ4v) is 3.99. The van der Waals surface area contributed by atoms with Crippen LogP contribution in [0.25, 0.3) is 0 Å². The van der Waals surface area contributed by atoms with Gasteiger partial charge in [0.05, 0.1) is 0 Å². The second-order valence-electron chi connectivity index (χ2n) is 8.49. The van der Waals surface area contributed by atoms with Crippen LogP contribution in [0.1, 0.15) is 66.7 Å². The predicted molar refractivity (Wildman–Crippen MR) is 84.7 cm³/mol. The third-order valence-electron chi connectivity index (χ3n) is 5.69. The lowest BCUT2D eigenvalue weighted by atomic mass is 9.68. The fraction of sp³-hybridized carbons (Fsp3) is 0.944. The Morgan fingerprint density at radius 3 is 2.50 bits per heavy atom. The quantitative estimate of drug-likeness (QED) is 0.757. The van der Waals surface area contributed by atoms with Gasteiger partial charge < -0.3 is 0 Å². The molecule has 1 aliphatic carbocycles. The van der Waals surface area contributed by atoms with E-state index in [0.717, 1.165) is 31.7 Å². The molecule has 2 fully saturated rings. The van der Waals surface area contributed by atoms with Crippen molar-refractivity contribution in [3.8, 4) is 0 Å². The summed E-state index contributed by atoms with van der Waals surface area (Å²) >= 11 is 0. The van der Waals surface area contributed by atoms with Crippen LogP contribution >= 0.6 is 0 Å². The summed E-state index contributed by atoms with van der Waals surface area (Å²) in [7, 11) is 0.